The van der Waals surface area contributed by atoms with Crippen LogP contribution in [0.25, 0.3) is 22.0 Å². The first-order valence-electron chi connectivity index (χ1n) is 9.83. The van der Waals surface area contributed by atoms with Gasteiger partial charge in [0.1, 0.15) is 5.82 Å². The largest absolute Gasteiger partial charge is 0.396 e. The van der Waals surface area contributed by atoms with Gasteiger partial charge in [-0.15, -0.1) is 11.8 Å². The predicted octanol–water partition coefficient (Wildman–Crippen LogP) is 5.21. The van der Waals surface area contributed by atoms with Crippen molar-refractivity contribution in [2.75, 3.05) is 12.9 Å². The molecule has 1 saturated carbocycles. The molecule has 2 nitrogen and oxygen atoms in total. The highest BCUT2D eigenvalue weighted by Crippen LogP contribution is 2.62. The monoisotopic (exact) mass is 394 g/mol. The van der Waals surface area contributed by atoms with Crippen molar-refractivity contribution in [2.24, 2.45) is 5.92 Å². The lowest BCUT2D eigenvalue weighted by Crippen LogP contribution is -2.39. The molecular formula is C24H25FNOS+. The van der Waals surface area contributed by atoms with Crippen molar-refractivity contribution in [1.82, 2.24) is 0 Å². The van der Waals surface area contributed by atoms with Crippen LogP contribution in [-0.2, 0) is 5.41 Å². The van der Waals surface area contributed by atoms with Gasteiger partial charge in [0.05, 0.1) is 28.9 Å². The summed E-state index contributed by atoms with van der Waals surface area (Å²) >= 11 is 1.74. The molecule has 3 aromatic rings. The fraction of sp³-hybridized carbons (Fsp3) is 0.375. The van der Waals surface area contributed by atoms with Crippen molar-refractivity contribution >= 4 is 22.5 Å². The van der Waals surface area contributed by atoms with Crippen LogP contribution < -0.4 is 4.57 Å². The topological polar surface area (TPSA) is 24.1 Å². The molecule has 1 N–H and O–H groups in total. The molecule has 0 bridgehead atoms. The zero-order chi connectivity index (χ0) is 19.8. The van der Waals surface area contributed by atoms with Gasteiger partial charge in [-0.2, -0.15) is 4.57 Å². The maximum Gasteiger partial charge on any atom is 0.226 e. The number of benzene rings is 2. The van der Waals surface area contributed by atoms with E-state index in [-0.39, 0.29) is 35.7 Å². The van der Waals surface area contributed by atoms with Gasteiger partial charge >= 0.3 is 0 Å². The van der Waals surface area contributed by atoms with E-state index in [0.717, 1.165) is 10.8 Å². The molecule has 2 heterocycles. The Morgan fingerprint density at radius 1 is 1.14 bits per heavy atom. The van der Waals surface area contributed by atoms with Crippen molar-refractivity contribution in [3.05, 3.63) is 59.5 Å². The minimum absolute atomic E-state index is 0.0545. The van der Waals surface area contributed by atoms with Crippen molar-refractivity contribution in [3.63, 3.8) is 0 Å². The highest BCUT2D eigenvalue weighted by molar-refractivity contribution is 7.98. The molecule has 1 aliphatic heterocycles. The van der Waals surface area contributed by atoms with Gasteiger partial charge in [-0.05, 0) is 57.8 Å². The van der Waals surface area contributed by atoms with Crippen LogP contribution in [0.15, 0.2) is 47.5 Å². The summed E-state index contributed by atoms with van der Waals surface area (Å²) in [6.45, 7) is 6.80. The first-order valence-corrected chi connectivity index (χ1v) is 11.0. The second-order valence-corrected chi connectivity index (χ2v) is 9.87. The summed E-state index contributed by atoms with van der Waals surface area (Å²) in [6, 6.07) is 12.0. The number of aliphatic hydroxyl groups excluding tert-OH is 1. The number of fused-ring (bicyclic) bond motifs is 8. The summed E-state index contributed by atoms with van der Waals surface area (Å²) in [6.07, 6.45) is 4.24. The average molecular weight is 395 g/mol. The van der Waals surface area contributed by atoms with Gasteiger partial charge in [0, 0.05) is 6.07 Å². The van der Waals surface area contributed by atoms with E-state index in [2.05, 4.69) is 56.0 Å². The van der Waals surface area contributed by atoms with Crippen molar-refractivity contribution in [3.8, 4) is 11.3 Å². The van der Waals surface area contributed by atoms with Gasteiger partial charge in [-0.1, -0.05) is 26.8 Å². The van der Waals surface area contributed by atoms with Crippen molar-refractivity contribution in [1.29, 1.82) is 0 Å². The number of aromatic nitrogens is 1. The van der Waals surface area contributed by atoms with E-state index in [4.69, 9.17) is 0 Å². The summed E-state index contributed by atoms with van der Waals surface area (Å²) in [5, 5.41) is 12.2. The smallest absolute Gasteiger partial charge is 0.226 e. The molecule has 0 saturated heterocycles. The van der Waals surface area contributed by atoms with Crippen molar-refractivity contribution in [2.45, 2.75) is 43.0 Å². The second kappa shape index (κ2) is 6.04. The van der Waals surface area contributed by atoms with Gasteiger partial charge in [0.2, 0.25) is 5.69 Å². The molecular weight excluding hydrogens is 369 g/mol. The summed E-state index contributed by atoms with van der Waals surface area (Å²) in [5.74, 6) is 0.233. The van der Waals surface area contributed by atoms with Gasteiger partial charge in [-0.3, -0.25) is 0 Å². The third kappa shape index (κ3) is 2.40. The molecule has 0 amide bonds. The minimum Gasteiger partial charge on any atom is -0.396 e. The minimum atomic E-state index is -0.199. The Hall–Kier alpha value is -1.91. The summed E-state index contributed by atoms with van der Waals surface area (Å²) < 4.78 is 16.7. The van der Waals surface area contributed by atoms with Crippen LogP contribution in [0.1, 0.15) is 43.9 Å². The number of rotatable bonds is 2. The molecule has 2 aromatic carbocycles. The zero-order valence-corrected chi connectivity index (χ0v) is 17.5. The van der Waals surface area contributed by atoms with Gasteiger partial charge in [0.15, 0.2) is 12.2 Å². The number of pyridine rings is 1. The first-order chi connectivity index (χ1) is 13.4. The van der Waals surface area contributed by atoms with Crippen LogP contribution in [0.2, 0.25) is 0 Å². The van der Waals surface area contributed by atoms with Crippen LogP contribution in [0.3, 0.4) is 0 Å². The van der Waals surface area contributed by atoms with Gasteiger partial charge < -0.3 is 5.11 Å². The van der Waals surface area contributed by atoms with E-state index in [9.17, 15) is 9.50 Å². The maximum atomic E-state index is 14.3. The van der Waals surface area contributed by atoms with E-state index < -0.39 is 0 Å². The third-order valence-electron chi connectivity index (χ3n) is 6.40. The van der Waals surface area contributed by atoms with E-state index in [1.807, 2.05) is 6.07 Å². The lowest BCUT2D eigenvalue weighted by Gasteiger charge is -2.26. The second-order valence-electron chi connectivity index (χ2n) is 9.02. The van der Waals surface area contributed by atoms with Crippen LogP contribution in [0, 0.1) is 11.7 Å². The number of thioether (sulfide) groups is 1. The molecule has 0 radical (unpaired) electrons. The molecule has 2 aliphatic rings. The molecule has 1 aliphatic carbocycles. The number of hydrogen-bond donors (Lipinski definition) is 1. The highest BCUT2D eigenvalue weighted by Gasteiger charge is 2.63. The molecule has 0 spiro atoms. The van der Waals surface area contributed by atoms with E-state index in [1.54, 1.807) is 23.9 Å². The number of nitrogens with zero attached hydrogens (tertiary/aromatic N) is 1. The Morgan fingerprint density at radius 2 is 1.93 bits per heavy atom. The molecule has 1 aromatic heterocycles. The average Bonchev–Trinajstić information content (AvgIpc) is 3.40. The molecule has 5 rings (SSSR count). The molecule has 144 valence electrons. The zero-order valence-electron chi connectivity index (χ0n) is 16.7. The summed E-state index contributed by atoms with van der Waals surface area (Å²) in [7, 11) is 0. The highest BCUT2D eigenvalue weighted by atomic mass is 32.2. The van der Waals surface area contributed by atoms with E-state index in [1.165, 1.54) is 27.3 Å². The maximum absolute atomic E-state index is 14.3. The molecule has 1 fully saturated rings. The number of aliphatic hydroxyl groups is 1. The Bertz CT molecular complexity index is 1120. The molecule has 3 atom stereocenters. The molecule has 3 unspecified atom stereocenters. The molecule has 28 heavy (non-hydrogen) atoms. The number of hydrogen-bond acceptors (Lipinski definition) is 2. The Kier molecular flexibility index (Phi) is 3.91. The predicted molar refractivity (Wildman–Crippen MR) is 112 cm³/mol. The van der Waals surface area contributed by atoms with Crippen LogP contribution in [0.4, 0.5) is 4.39 Å². The van der Waals surface area contributed by atoms with Crippen LogP contribution in [-0.4, -0.2) is 18.0 Å². The lowest BCUT2D eigenvalue weighted by atomic mass is 9.79. The SMILES string of the molecule is CSc1ccc[n+]2c1-c1cc(C(C)(C)C)c3ccc(F)cc3c1C1C(CO)C12. The summed E-state index contributed by atoms with van der Waals surface area (Å²) in [5.41, 5.74) is 4.81. The van der Waals surface area contributed by atoms with Crippen LogP contribution >= 0.6 is 11.8 Å². The summed E-state index contributed by atoms with van der Waals surface area (Å²) in [4.78, 5) is 1.22. The van der Waals surface area contributed by atoms with E-state index >= 15 is 0 Å². The van der Waals surface area contributed by atoms with Crippen LogP contribution in [0.5, 0.6) is 0 Å². The first kappa shape index (κ1) is 18.1. The van der Waals surface area contributed by atoms with Gasteiger partial charge in [-0.25, -0.2) is 4.39 Å². The van der Waals surface area contributed by atoms with Gasteiger partial charge in [0.25, 0.3) is 0 Å². The Balaban J connectivity index is 1.95. The third-order valence-corrected chi connectivity index (χ3v) is 7.17. The molecule has 4 heteroatoms. The fourth-order valence-corrected chi connectivity index (χ4v) is 5.75. The lowest BCUT2D eigenvalue weighted by molar-refractivity contribution is -0.696. The Morgan fingerprint density at radius 3 is 2.61 bits per heavy atom. The quantitative estimate of drug-likeness (QED) is 0.476. The van der Waals surface area contributed by atoms with Crippen molar-refractivity contribution < 1.29 is 14.1 Å². The Labute approximate surface area is 169 Å². The fourth-order valence-electron chi connectivity index (χ4n) is 5.12. The standard InChI is InChI=1S/C24H25FNOS/c1-24(2,3)18-11-16-20(15-10-13(25)7-8-14(15)18)21-17(12-27)23(21)26-9-5-6-19(28-4)22(16)26/h5-11,17,21,23,27H,12H2,1-4H3/q+1. The van der Waals surface area contributed by atoms with E-state index in [0.29, 0.717) is 0 Å². The normalized spacial score (nSPS) is 22.6. The number of halogens is 1.